The summed E-state index contributed by atoms with van der Waals surface area (Å²) in [6, 6.07) is 12.8. The molecule has 2 aromatic rings. The molecule has 1 aliphatic rings. The Labute approximate surface area is 165 Å². The molecular formula is C22H27FN2O3. The van der Waals surface area contributed by atoms with Crippen LogP contribution in [-0.4, -0.2) is 45.2 Å². The highest BCUT2D eigenvalue weighted by Crippen LogP contribution is 2.32. The molecule has 0 saturated carbocycles. The molecule has 150 valence electrons. The van der Waals surface area contributed by atoms with Gasteiger partial charge >= 0.3 is 0 Å². The maximum atomic E-state index is 13.3. The Bertz CT molecular complexity index is 767. The molecule has 1 N–H and O–H groups in total. The lowest BCUT2D eigenvalue weighted by molar-refractivity contribution is -0.117. The lowest BCUT2D eigenvalue weighted by Gasteiger charge is -2.31. The molecule has 28 heavy (non-hydrogen) atoms. The average molecular weight is 386 g/mol. The third-order valence-electron chi connectivity index (χ3n) is 4.74. The highest BCUT2D eigenvalue weighted by molar-refractivity contribution is 5.60. The minimum Gasteiger partial charge on any atom is -0.489 e. The summed E-state index contributed by atoms with van der Waals surface area (Å²) in [7, 11) is 0. The van der Waals surface area contributed by atoms with Gasteiger partial charge < -0.3 is 24.5 Å². The molecule has 6 heteroatoms. The smallest absolute Gasteiger partial charge is 0.149 e. The number of fused-ring (bicyclic) bond motifs is 1. The lowest BCUT2D eigenvalue weighted by Crippen LogP contribution is -2.34. The van der Waals surface area contributed by atoms with Crippen LogP contribution in [0.1, 0.15) is 18.9 Å². The Morgan fingerprint density at radius 1 is 1.29 bits per heavy atom. The van der Waals surface area contributed by atoms with E-state index in [1.54, 1.807) is 6.07 Å². The Kier molecular flexibility index (Phi) is 7.25. The predicted molar refractivity (Wildman–Crippen MR) is 109 cm³/mol. The van der Waals surface area contributed by atoms with Crippen LogP contribution in [0.25, 0.3) is 0 Å². The first-order valence-corrected chi connectivity index (χ1v) is 9.76. The first-order chi connectivity index (χ1) is 13.7. The van der Waals surface area contributed by atoms with Gasteiger partial charge in [-0.2, -0.15) is 0 Å². The van der Waals surface area contributed by atoms with Gasteiger partial charge in [-0.1, -0.05) is 12.1 Å². The third-order valence-corrected chi connectivity index (χ3v) is 4.74. The van der Waals surface area contributed by atoms with Crippen LogP contribution in [0, 0.1) is 5.82 Å². The van der Waals surface area contributed by atoms with Crippen LogP contribution in [0.5, 0.6) is 5.75 Å². The van der Waals surface area contributed by atoms with Crippen molar-refractivity contribution in [3.63, 3.8) is 0 Å². The molecule has 1 aliphatic heterocycles. The molecule has 2 aromatic carbocycles. The summed E-state index contributed by atoms with van der Waals surface area (Å²) in [4.78, 5) is 13.2. The number of carbonyl (C=O) groups excluding carboxylic acids is 1. The minimum atomic E-state index is -0.381. The monoisotopic (exact) mass is 386 g/mol. The van der Waals surface area contributed by atoms with E-state index in [-0.39, 0.29) is 11.9 Å². The van der Waals surface area contributed by atoms with Crippen molar-refractivity contribution in [2.75, 3.05) is 43.1 Å². The number of hydrogen-bond acceptors (Lipinski definition) is 5. The van der Waals surface area contributed by atoms with Gasteiger partial charge in [0.25, 0.3) is 0 Å². The molecular weight excluding hydrogens is 359 g/mol. The second kappa shape index (κ2) is 10.1. The van der Waals surface area contributed by atoms with E-state index >= 15 is 0 Å². The van der Waals surface area contributed by atoms with E-state index in [2.05, 4.69) is 10.2 Å². The maximum Gasteiger partial charge on any atom is 0.149 e. The van der Waals surface area contributed by atoms with Crippen LogP contribution in [0.4, 0.5) is 15.8 Å². The fourth-order valence-corrected chi connectivity index (χ4v) is 3.34. The Morgan fingerprint density at radius 3 is 2.86 bits per heavy atom. The van der Waals surface area contributed by atoms with Crippen LogP contribution >= 0.6 is 0 Å². The number of nitrogens with zero attached hydrogens (tertiary/aromatic N) is 1. The molecule has 0 bridgehead atoms. The van der Waals surface area contributed by atoms with Gasteiger partial charge in [0.15, 0.2) is 0 Å². The summed E-state index contributed by atoms with van der Waals surface area (Å²) in [6.07, 6.45) is 2.02. The zero-order valence-corrected chi connectivity index (χ0v) is 16.2. The number of hydrogen-bond donors (Lipinski definition) is 1. The topological polar surface area (TPSA) is 50.8 Å². The SMILES string of the molecule is CCO[C@H](C=O)Cc1ccc(NCCCN2CCOc3cc(F)ccc32)cc1. The lowest BCUT2D eigenvalue weighted by atomic mass is 10.1. The molecule has 0 spiro atoms. The number of halogens is 1. The van der Waals surface area contributed by atoms with Gasteiger partial charge in [0.05, 0.1) is 12.2 Å². The van der Waals surface area contributed by atoms with Crippen molar-refractivity contribution in [2.45, 2.75) is 25.9 Å². The van der Waals surface area contributed by atoms with E-state index in [0.717, 1.165) is 49.3 Å². The van der Waals surface area contributed by atoms with Gasteiger partial charge in [0.2, 0.25) is 0 Å². The molecule has 1 heterocycles. The van der Waals surface area contributed by atoms with Crippen molar-refractivity contribution in [3.05, 3.63) is 53.8 Å². The van der Waals surface area contributed by atoms with E-state index in [1.165, 1.54) is 12.1 Å². The van der Waals surface area contributed by atoms with Crippen molar-refractivity contribution in [1.82, 2.24) is 0 Å². The van der Waals surface area contributed by atoms with Crippen molar-refractivity contribution >= 4 is 17.7 Å². The average Bonchev–Trinajstić information content (AvgIpc) is 2.71. The summed E-state index contributed by atoms with van der Waals surface area (Å²) in [5.74, 6) is 0.349. The Hall–Kier alpha value is -2.60. The molecule has 0 fully saturated rings. The normalized spacial score (nSPS) is 14.1. The number of ether oxygens (including phenoxy) is 2. The molecule has 0 saturated heterocycles. The van der Waals surface area contributed by atoms with E-state index in [4.69, 9.17) is 9.47 Å². The van der Waals surface area contributed by atoms with Gasteiger partial charge in [-0.05, 0) is 43.2 Å². The Balaban J connectivity index is 1.44. The molecule has 0 unspecified atom stereocenters. The number of nitrogens with one attached hydrogen (secondary N) is 1. The molecule has 0 amide bonds. The van der Waals surface area contributed by atoms with E-state index in [0.29, 0.717) is 25.4 Å². The van der Waals surface area contributed by atoms with E-state index in [9.17, 15) is 9.18 Å². The molecule has 5 nitrogen and oxygen atoms in total. The van der Waals surface area contributed by atoms with Gasteiger partial charge in [-0.15, -0.1) is 0 Å². The second-order valence-electron chi connectivity index (χ2n) is 6.76. The van der Waals surface area contributed by atoms with Crippen LogP contribution < -0.4 is 15.0 Å². The number of benzene rings is 2. The molecule has 0 radical (unpaired) electrons. The fraction of sp³-hybridized carbons (Fsp3) is 0.409. The summed E-state index contributed by atoms with van der Waals surface area (Å²) in [5.41, 5.74) is 3.08. The zero-order chi connectivity index (χ0) is 19.8. The second-order valence-corrected chi connectivity index (χ2v) is 6.76. The standard InChI is InChI=1S/C22H27FN2O3/c1-2-27-20(16-26)14-17-4-7-19(8-5-17)24-10-3-11-25-12-13-28-22-15-18(23)6-9-21(22)25/h4-9,15-16,20,24H,2-3,10-14H2,1H3/t20-/m0/s1. The highest BCUT2D eigenvalue weighted by atomic mass is 19.1. The highest BCUT2D eigenvalue weighted by Gasteiger charge is 2.18. The molecule has 3 rings (SSSR count). The molecule has 0 aromatic heterocycles. The van der Waals surface area contributed by atoms with Crippen molar-refractivity contribution in [2.24, 2.45) is 0 Å². The van der Waals surface area contributed by atoms with E-state index in [1.807, 2.05) is 31.2 Å². The van der Waals surface area contributed by atoms with Crippen LogP contribution in [0.2, 0.25) is 0 Å². The minimum absolute atomic E-state index is 0.272. The molecule has 0 aliphatic carbocycles. The van der Waals surface area contributed by atoms with Crippen molar-refractivity contribution in [1.29, 1.82) is 0 Å². The van der Waals surface area contributed by atoms with Crippen LogP contribution in [0.15, 0.2) is 42.5 Å². The number of aldehydes is 1. The summed E-state index contributed by atoms with van der Waals surface area (Å²) in [6.45, 7) is 5.52. The third kappa shape index (κ3) is 5.45. The van der Waals surface area contributed by atoms with Gasteiger partial charge in [0.1, 0.15) is 30.6 Å². The summed E-state index contributed by atoms with van der Waals surface area (Å²) in [5, 5.41) is 3.42. The van der Waals surface area contributed by atoms with Crippen LogP contribution in [0.3, 0.4) is 0 Å². The first-order valence-electron chi connectivity index (χ1n) is 9.76. The van der Waals surface area contributed by atoms with Crippen LogP contribution in [-0.2, 0) is 16.0 Å². The Morgan fingerprint density at radius 2 is 2.11 bits per heavy atom. The predicted octanol–water partition coefficient (Wildman–Crippen LogP) is 3.67. The fourth-order valence-electron chi connectivity index (χ4n) is 3.34. The number of carbonyl (C=O) groups is 1. The number of anilines is 2. The van der Waals surface area contributed by atoms with Crippen molar-refractivity contribution in [3.8, 4) is 5.75 Å². The maximum absolute atomic E-state index is 13.3. The zero-order valence-electron chi connectivity index (χ0n) is 16.2. The largest absolute Gasteiger partial charge is 0.489 e. The quantitative estimate of drug-likeness (QED) is 0.499. The number of rotatable bonds is 10. The van der Waals surface area contributed by atoms with Gasteiger partial charge in [-0.3, -0.25) is 0 Å². The van der Waals surface area contributed by atoms with Gasteiger partial charge in [-0.25, -0.2) is 4.39 Å². The summed E-state index contributed by atoms with van der Waals surface area (Å²) >= 11 is 0. The summed E-state index contributed by atoms with van der Waals surface area (Å²) < 4.78 is 24.3. The first kappa shape index (κ1) is 20.1. The van der Waals surface area contributed by atoms with Crippen molar-refractivity contribution < 1.29 is 18.7 Å². The molecule has 1 atom stereocenters. The van der Waals surface area contributed by atoms with E-state index < -0.39 is 0 Å². The van der Waals surface area contributed by atoms with Gasteiger partial charge in [0, 0.05) is 37.9 Å².